The maximum Gasteiger partial charge on any atom is 0.321 e. The van der Waals surface area contributed by atoms with Crippen LogP contribution in [0.25, 0.3) is 0 Å². The highest BCUT2D eigenvalue weighted by Gasteiger charge is 2.49. The molecule has 0 bridgehead atoms. The highest BCUT2D eigenvalue weighted by Crippen LogP contribution is 2.42. The number of aryl methyl sites for hydroxylation is 1. The molecule has 2 aliphatic heterocycles. The number of carbonyl (C=O) groups excluding carboxylic acids is 2. The standard InChI is InChI=1S/C22H25N3O3/c1-16-6-3-4-9-19(16)25-15-22(13-20(25)26)10-11-24(14-22)21(27)23-17-7-5-8-18(12-17)28-2/h3-9,12H,10-11,13-15H2,1-2H3,(H,23,27). The third kappa shape index (κ3) is 3.42. The molecule has 2 saturated heterocycles. The van der Waals surface area contributed by atoms with Crippen molar-refractivity contribution in [3.63, 3.8) is 0 Å². The molecule has 0 aliphatic carbocycles. The van der Waals surface area contributed by atoms with Crippen molar-refractivity contribution < 1.29 is 14.3 Å². The Hall–Kier alpha value is -3.02. The number of likely N-dealkylation sites (tertiary alicyclic amines) is 1. The van der Waals surface area contributed by atoms with Crippen LogP contribution < -0.4 is 15.0 Å². The topological polar surface area (TPSA) is 61.9 Å². The fraction of sp³-hybridized carbons (Fsp3) is 0.364. The van der Waals surface area contributed by atoms with Gasteiger partial charge >= 0.3 is 6.03 Å². The third-order valence-electron chi connectivity index (χ3n) is 5.77. The van der Waals surface area contributed by atoms with E-state index in [4.69, 9.17) is 4.74 Å². The number of urea groups is 1. The summed E-state index contributed by atoms with van der Waals surface area (Å²) < 4.78 is 5.21. The van der Waals surface area contributed by atoms with Crippen LogP contribution in [0.5, 0.6) is 5.75 Å². The first kappa shape index (κ1) is 18.3. The minimum Gasteiger partial charge on any atom is -0.497 e. The van der Waals surface area contributed by atoms with Crippen LogP contribution in [0.4, 0.5) is 16.2 Å². The summed E-state index contributed by atoms with van der Waals surface area (Å²) in [7, 11) is 1.60. The molecule has 1 atom stereocenters. The normalized spacial score (nSPS) is 21.4. The largest absolute Gasteiger partial charge is 0.497 e. The monoisotopic (exact) mass is 379 g/mol. The van der Waals surface area contributed by atoms with E-state index in [-0.39, 0.29) is 17.4 Å². The number of ether oxygens (including phenoxy) is 1. The minimum atomic E-state index is -0.162. The van der Waals surface area contributed by atoms with Gasteiger partial charge in [-0.2, -0.15) is 0 Å². The van der Waals surface area contributed by atoms with Gasteiger partial charge in [0.1, 0.15) is 5.75 Å². The minimum absolute atomic E-state index is 0.132. The molecule has 2 fully saturated rings. The van der Waals surface area contributed by atoms with E-state index in [0.29, 0.717) is 37.5 Å². The van der Waals surface area contributed by atoms with E-state index >= 15 is 0 Å². The predicted octanol–water partition coefficient (Wildman–Crippen LogP) is 3.66. The van der Waals surface area contributed by atoms with Gasteiger partial charge in [0.05, 0.1) is 7.11 Å². The molecule has 0 radical (unpaired) electrons. The first-order chi connectivity index (χ1) is 13.5. The zero-order chi connectivity index (χ0) is 19.7. The van der Waals surface area contributed by atoms with Crippen molar-refractivity contribution in [3.8, 4) is 5.75 Å². The van der Waals surface area contributed by atoms with E-state index < -0.39 is 0 Å². The second kappa shape index (κ2) is 7.19. The van der Waals surface area contributed by atoms with Crippen molar-refractivity contribution >= 4 is 23.3 Å². The number of carbonyl (C=O) groups is 2. The molecule has 2 aromatic rings. The van der Waals surface area contributed by atoms with E-state index in [1.165, 1.54) is 0 Å². The Labute approximate surface area is 165 Å². The molecule has 28 heavy (non-hydrogen) atoms. The van der Waals surface area contributed by atoms with Gasteiger partial charge in [-0.1, -0.05) is 24.3 Å². The van der Waals surface area contributed by atoms with Gasteiger partial charge < -0.3 is 19.9 Å². The molecular formula is C22H25N3O3. The molecule has 2 heterocycles. The van der Waals surface area contributed by atoms with Gasteiger partial charge in [-0.25, -0.2) is 4.79 Å². The van der Waals surface area contributed by atoms with E-state index in [9.17, 15) is 9.59 Å². The van der Waals surface area contributed by atoms with Gasteiger partial charge in [0.15, 0.2) is 0 Å². The zero-order valence-corrected chi connectivity index (χ0v) is 16.3. The fourth-order valence-corrected chi connectivity index (χ4v) is 4.27. The molecule has 3 amide bonds. The quantitative estimate of drug-likeness (QED) is 0.885. The van der Waals surface area contributed by atoms with E-state index in [2.05, 4.69) is 5.32 Å². The van der Waals surface area contributed by atoms with Gasteiger partial charge in [-0.3, -0.25) is 4.79 Å². The van der Waals surface area contributed by atoms with Gasteiger partial charge in [0.25, 0.3) is 0 Å². The smallest absolute Gasteiger partial charge is 0.321 e. The Kier molecular flexibility index (Phi) is 4.71. The van der Waals surface area contributed by atoms with E-state index in [0.717, 1.165) is 17.7 Å². The Morgan fingerprint density at radius 3 is 2.75 bits per heavy atom. The van der Waals surface area contributed by atoms with Crippen LogP contribution in [-0.4, -0.2) is 43.6 Å². The van der Waals surface area contributed by atoms with Gasteiger partial charge in [-0.15, -0.1) is 0 Å². The van der Waals surface area contributed by atoms with Crippen LogP contribution in [0, 0.1) is 12.3 Å². The number of benzene rings is 2. The van der Waals surface area contributed by atoms with Crippen LogP contribution in [0.1, 0.15) is 18.4 Å². The number of nitrogens with one attached hydrogen (secondary N) is 1. The van der Waals surface area contributed by atoms with Crippen molar-refractivity contribution in [1.82, 2.24) is 4.90 Å². The number of para-hydroxylation sites is 1. The molecule has 4 rings (SSSR count). The van der Waals surface area contributed by atoms with Crippen molar-refractivity contribution in [2.45, 2.75) is 19.8 Å². The molecule has 1 spiro atoms. The Morgan fingerprint density at radius 2 is 1.96 bits per heavy atom. The molecule has 0 aromatic heterocycles. The number of hydrogen-bond acceptors (Lipinski definition) is 3. The SMILES string of the molecule is COc1cccc(NC(=O)N2CCC3(CC(=O)N(c4ccccc4C)C3)C2)c1. The lowest BCUT2D eigenvalue weighted by Gasteiger charge is -2.25. The van der Waals surface area contributed by atoms with Gasteiger partial charge in [-0.05, 0) is 37.1 Å². The molecule has 2 aromatic carbocycles. The lowest BCUT2D eigenvalue weighted by molar-refractivity contribution is -0.117. The van der Waals surface area contributed by atoms with E-state index in [1.54, 1.807) is 13.2 Å². The summed E-state index contributed by atoms with van der Waals surface area (Å²) in [5, 5.41) is 2.94. The lowest BCUT2D eigenvalue weighted by Crippen LogP contribution is -2.36. The molecule has 1 N–H and O–H groups in total. The summed E-state index contributed by atoms with van der Waals surface area (Å²) in [6, 6.07) is 15.1. The molecule has 1 unspecified atom stereocenters. The second-order valence-electron chi connectivity index (χ2n) is 7.78. The van der Waals surface area contributed by atoms with Crippen molar-refractivity contribution in [2.75, 3.05) is 37.0 Å². The van der Waals surface area contributed by atoms with E-state index in [1.807, 2.05) is 59.2 Å². The Bertz CT molecular complexity index is 913. The summed E-state index contributed by atoms with van der Waals surface area (Å²) in [5.74, 6) is 0.843. The average Bonchev–Trinajstić information content (AvgIpc) is 3.25. The Morgan fingerprint density at radius 1 is 1.14 bits per heavy atom. The summed E-state index contributed by atoms with van der Waals surface area (Å²) in [6.45, 7) is 3.94. The number of methoxy groups -OCH3 is 1. The maximum absolute atomic E-state index is 12.7. The summed E-state index contributed by atoms with van der Waals surface area (Å²) in [6.07, 6.45) is 1.33. The van der Waals surface area contributed by atoms with Crippen LogP contribution in [0.2, 0.25) is 0 Å². The molecule has 0 saturated carbocycles. The van der Waals surface area contributed by atoms with Gasteiger partial charge in [0, 0.05) is 48.9 Å². The second-order valence-corrected chi connectivity index (χ2v) is 7.78. The van der Waals surface area contributed by atoms with Gasteiger partial charge in [0.2, 0.25) is 5.91 Å². The van der Waals surface area contributed by atoms with Crippen molar-refractivity contribution in [1.29, 1.82) is 0 Å². The molecule has 146 valence electrons. The van der Waals surface area contributed by atoms with Crippen molar-refractivity contribution in [2.24, 2.45) is 5.41 Å². The number of anilines is 2. The average molecular weight is 379 g/mol. The van der Waals surface area contributed by atoms with Crippen LogP contribution >= 0.6 is 0 Å². The number of amides is 3. The predicted molar refractivity (Wildman–Crippen MR) is 109 cm³/mol. The fourth-order valence-electron chi connectivity index (χ4n) is 4.27. The third-order valence-corrected chi connectivity index (χ3v) is 5.77. The van der Waals surface area contributed by atoms with Crippen LogP contribution in [0.3, 0.4) is 0 Å². The summed E-state index contributed by atoms with van der Waals surface area (Å²) >= 11 is 0. The molecule has 6 heteroatoms. The molecule has 6 nitrogen and oxygen atoms in total. The summed E-state index contributed by atoms with van der Waals surface area (Å²) in [4.78, 5) is 29.1. The lowest BCUT2D eigenvalue weighted by atomic mass is 9.86. The zero-order valence-electron chi connectivity index (χ0n) is 16.3. The number of hydrogen-bond donors (Lipinski definition) is 1. The van der Waals surface area contributed by atoms with Crippen LogP contribution in [-0.2, 0) is 4.79 Å². The molecular weight excluding hydrogens is 354 g/mol. The first-order valence-electron chi connectivity index (χ1n) is 9.56. The summed E-state index contributed by atoms with van der Waals surface area (Å²) in [5.41, 5.74) is 2.61. The highest BCUT2D eigenvalue weighted by molar-refractivity contribution is 5.97. The number of rotatable bonds is 3. The number of nitrogens with zero attached hydrogens (tertiary/aromatic N) is 2. The molecule has 2 aliphatic rings. The first-order valence-corrected chi connectivity index (χ1v) is 9.56. The van der Waals surface area contributed by atoms with Crippen molar-refractivity contribution in [3.05, 3.63) is 54.1 Å². The van der Waals surface area contributed by atoms with Crippen LogP contribution in [0.15, 0.2) is 48.5 Å². The Balaban J connectivity index is 1.44. The maximum atomic E-state index is 12.7. The highest BCUT2D eigenvalue weighted by atomic mass is 16.5.